The maximum Gasteiger partial charge on any atom is 0.332 e. The van der Waals surface area contributed by atoms with Crippen LogP contribution < -0.4 is 10.2 Å². The highest BCUT2D eigenvalue weighted by Crippen LogP contribution is 2.45. The van der Waals surface area contributed by atoms with Gasteiger partial charge in [-0.15, -0.1) is 0 Å². The van der Waals surface area contributed by atoms with E-state index in [-0.39, 0.29) is 22.5 Å². The third-order valence-corrected chi connectivity index (χ3v) is 11.4. The average Bonchev–Trinajstić information content (AvgIpc) is 3.96. The number of imide groups is 1. The molecule has 2 aliphatic carbocycles. The standard InChI is InChI=1S/C21H19ClN4O2.C12H15N3.C9H5ClN2O/c1-14-17(5-4-16(12-23)18(14)22)26-19(27)21(8-2-3-9-21)25(20(26)28)13-15-6-10-24-11-7-15;13-10-12(5-1-2-6-12)15-9-11-3-7-14-8-4-11;1-6-7(11-2)3-4-8(9(6)10)12-5-13/h4-7,10-11H,2-3,8-9,13H2,1H3;3-4,7-8,15H,1-2,5-6,9H2;3-4H,1H3. The molecule has 12 nitrogen and oxygen atoms in total. The fourth-order valence-electron chi connectivity index (χ4n) is 7.26. The molecule has 3 amide bonds. The fourth-order valence-corrected chi connectivity index (χ4v) is 7.66. The first-order valence-electron chi connectivity index (χ1n) is 18.1. The number of hydrogen-bond acceptors (Lipinski definition) is 9. The van der Waals surface area contributed by atoms with Crippen molar-refractivity contribution in [2.24, 2.45) is 4.99 Å². The Morgan fingerprint density at radius 1 is 0.857 bits per heavy atom. The molecular weight excluding hydrogens is 749 g/mol. The van der Waals surface area contributed by atoms with E-state index in [0.29, 0.717) is 58.2 Å². The number of aliphatic imine (C=N–C) groups is 1. The maximum atomic E-state index is 13.5. The highest BCUT2D eigenvalue weighted by Gasteiger charge is 2.58. The summed E-state index contributed by atoms with van der Waals surface area (Å²) in [6, 6.07) is 18.1. The minimum Gasteiger partial charge on any atom is -0.305 e. The van der Waals surface area contributed by atoms with Gasteiger partial charge >= 0.3 is 6.03 Å². The summed E-state index contributed by atoms with van der Waals surface area (Å²) in [7, 11) is 0. The summed E-state index contributed by atoms with van der Waals surface area (Å²) in [4.78, 5) is 54.5. The molecule has 284 valence electrons. The molecule has 4 aromatic rings. The van der Waals surface area contributed by atoms with Crippen LogP contribution in [0.25, 0.3) is 4.85 Å². The summed E-state index contributed by atoms with van der Waals surface area (Å²) in [6.07, 6.45) is 15.7. The lowest BCUT2D eigenvalue weighted by molar-refractivity contribution is -0.124. The summed E-state index contributed by atoms with van der Waals surface area (Å²) in [6.45, 7) is 11.4. The molecule has 56 heavy (non-hydrogen) atoms. The van der Waals surface area contributed by atoms with E-state index in [0.717, 1.165) is 50.6 Å². The van der Waals surface area contributed by atoms with Crippen molar-refractivity contribution in [1.29, 1.82) is 10.5 Å². The van der Waals surface area contributed by atoms with Crippen molar-refractivity contribution in [2.75, 3.05) is 4.90 Å². The molecule has 7 rings (SSSR count). The number of aromatic nitrogens is 2. The molecule has 14 heteroatoms. The summed E-state index contributed by atoms with van der Waals surface area (Å²) < 4.78 is 0. The van der Waals surface area contributed by atoms with E-state index >= 15 is 0 Å². The number of rotatable bonds is 7. The van der Waals surface area contributed by atoms with Gasteiger partial charge in [-0.3, -0.25) is 20.1 Å². The first-order chi connectivity index (χ1) is 27.0. The van der Waals surface area contributed by atoms with E-state index in [4.69, 9.17) is 35.0 Å². The molecule has 0 radical (unpaired) electrons. The number of hydrogen-bond donors (Lipinski definition) is 1. The molecular formula is C42H39Cl2N9O3. The van der Waals surface area contributed by atoms with Crippen molar-refractivity contribution in [3.8, 4) is 12.1 Å². The second kappa shape index (κ2) is 18.6. The van der Waals surface area contributed by atoms with Gasteiger partial charge in [0.25, 0.3) is 5.91 Å². The molecule has 1 saturated heterocycles. The Hall–Kier alpha value is -5.93. The molecule has 0 unspecified atom stereocenters. The van der Waals surface area contributed by atoms with Crippen molar-refractivity contribution < 1.29 is 14.4 Å². The topological polar surface area (TPSA) is 160 Å². The minimum atomic E-state index is -0.812. The Kier molecular flexibility index (Phi) is 13.7. The number of urea groups is 1. The summed E-state index contributed by atoms with van der Waals surface area (Å²) in [5.41, 5.74) is 3.81. The third kappa shape index (κ3) is 8.79. The lowest BCUT2D eigenvalue weighted by atomic mass is 9.95. The molecule has 2 saturated carbocycles. The quantitative estimate of drug-likeness (QED) is 0.0839. The molecule has 0 bridgehead atoms. The van der Waals surface area contributed by atoms with E-state index in [1.54, 1.807) is 61.7 Å². The number of halogens is 2. The van der Waals surface area contributed by atoms with Crippen LogP contribution in [0, 0.1) is 43.1 Å². The zero-order valence-corrected chi connectivity index (χ0v) is 32.6. The van der Waals surface area contributed by atoms with Crippen LogP contribution in [-0.2, 0) is 22.7 Å². The van der Waals surface area contributed by atoms with Gasteiger partial charge in [0.2, 0.25) is 6.08 Å². The molecule has 0 atom stereocenters. The van der Waals surface area contributed by atoms with E-state index in [9.17, 15) is 19.6 Å². The van der Waals surface area contributed by atoms with E-state index in [1.807, 2.05) is 30.3 Å². The van der Waals surface area contributed by atoms with Crippen molar-refractivity contribution in [2.45, 2.75) is 89.4 Å². The van der Waals surface area contributed by atoms with Gasteiger partial charge in [0.15, 0.2) is 5.69 Å². The highest BCUT2D eigenvalue weighted by atomic mass is 35.5. The van der Waals surface area contributed by atoms with Gasteiger partial charge in [0.05, 0.1) is 39.6 Å². The van der Waals surface area contributed by atoms with Crippen molar-refractivity contribution in [3.05, 3.63) is 123 Å². The van der Waals surface area contributed by atoms with Crippen LogP contribution >= 0.6 is 23.2 Å². The summed E-state index contributed by atoms with van der Waals surface area (Å²) in [5, 5.41) is 22.3. The molecule has 1 N–H and O–H groups in total. The fraction of sp³-hybridized carbons (Fsp3) is 0.333. The number of carbonyl (C=O) groups excluding carboxylic acids is 3. The van der Waals surface area contributed by atoms with Crippen molar-refractivity contribution in [3.63, 3.8) is 0 Å². The number of pyridine rings is 2. The largest absolute Gasteiger partial charge is 0.332 e. The highest BCUT2D eigenvalue weighted by molar-refractivity contribution is 6.34. The summed E-state index contributed by atoms with van der Waals surface area (Å²) >= 11 is 12.1. The average molecular weight is 789 g/mol. The Labute approximate surface area is 336 Å². The van der Waals surface area contributed by atoms with Gasteiger partial charge in [-0.1, -0.05) is 55.0 Å². The molecule has 1 spiro atoms. The van der Waals surface area contributed by atoms with Gasteiger partial charge < -0.3 is 4.90 Å². The van der Waals surface area contributed by atoms with Gasteiger partial charge in [0, 0.05) is 37.9 Å². The number of isocyanates is 1. The Morgan fingerprint density at radius 3 is 2.04 bits per heavy atom. The maximum absolute atomic E-state index is 13.5. The number of benzene rings is 2. The second-order valence-electron chi connectivity index (χ2n) is 13.8. The van der Waals surface area contributed by atoms with Gasteiger partial charge in [-0.05, 0) is 104 Å². The Balaban J connectivity index is 0.000000180. The molecule has 2 aromatic carbocycles. The predicted octanol–water partition coefficient (Wildman–Crippen LogP) is 9.37. The first kappa shape index (κ1) is 41.2. The van der Waals surface area contributed by atoms with Crippen LogP contribution in [0.4, 0.5) is 21.9 Å². The Bertz CT molecular complexity index is 2250. The number of nitriles is 2. The molecule has 3 heterocycles. The number of nitrogens with one attached hydrogen (secondary N) is 1. The van der Waals surface area contributed by atoms with Crippen LogP contribution in [0.5, 0.6) is 0 Å². The van der Waals surface area contributed by atoms with Crippen LogP contribution in [0.15, 0.2) is 78.3 Å². The SMILES string of the molecule is Cc1c(N2C(=O)N(Cc3ccncc3)C3(CCCC3)C2=O)ccc(C#N)c1Cl.N#CC1(NCc2ccncc2)CCCC1.[C-]#[N+]c1ccc(N=C=O)c(Cl)c1C. The zero-order valence-electron chi connectivity index (χ0n) is 31.1. The van der Waals surface area contributed by atoms with Gasteiger partial charge in [0.1, 0.15) is 17.1 Å². The predicted molar refractivity (Wildman–Crippen MR) is 213 cm³/mol. The smallest absolute Gasteiger partial charge is 0.305 e. The van der Waals surface area contributed by atoms with Crippen molar-refractivity contribution >= 4 is 58.3 Å². The van der Waals surface area contributed by atoms with E-state index < -0.39 is 5.54 Å². The number of nitrogens with zero attached hydrogens (tertiary/aromatic N) is 8. The monoisotopic (exact) mass is 787 g/mol. The number of amides is 3. The van der Waals surface area contributed by atoms with E-state index in [2.05, 4.69) is 31.2 Å². The van der Waals surface area contributed by atoms with Crippen LogP contribution in [0.3, 0.4) is 0 Å². The lowest BCUT2D eigenvalue weighted by Crippen LogP contribution is -2.47. The normalized spacial score (nSPS) is 16.1. The second-order valence-corrected chi connectivity index (χ2v) is 14.5. The molecule has 3 aliphatic rings. The number of anilines is 1. The van der Waals surface area contributed by atoms with Gasteiger partial charge in [-0.25, -0.2) is 19.3 Å². The third-order valence-electron chi connectivity index (χ3n) is 10.5. The zero-order chi connectivity index (χ0) is 40.3. The van der Waals surface area contributed by atoms with E-state index in [1.165, 1.54) is 22.6 Å². The first-order valence-corrected chi connectivity index (χ1v) is 18.8. The van der Waals surface area contributed by atoms with Crippen LogP contribution in [-0.4, -0.2) is 44.0 Å². The molecule has 3 fully saturated rings. The van der Waals surface area contributed by atoms with Crippen LogP contribution in [0.1, 0.15) is 79.2 Å². The molecule has 1 aliphatic heterocycles. The summed E-state index contributed by atoms with van der Waals surface area (Å²) in [5.74, 6) is -0.201. The number of carbonyl (C=O) groups is 2. The Morgan fingerprint density at radius 2 is 1.46 bits per heavy atom. The van der Waals surface area contributed by atoms with Crippen LogP contribution in [0.2, 0.25) is 10.0 Å². The minimum absolute atomic E-state index is 0.201. The lowest BCUT2D eigenvalue weighted by Gasteiger charge is -2.31. The molecule has 2 aromatic heterocycles. The van der Waals surface area contributed by atoms with Gasteiger partial charge in [-0.2, -0.15) is 15.5 Å². The van der Waals surface area contributed by atoms with Crippen molar-refractivity contribution in [1.82, 2.24) is 20.2 Å².